The van der Waals surface area contributed by atoms with Crippen LogP contribution < -0.4 is 15.5 Å². The number of hydrogen-bond donors (Lipinski definition) is 3. The molecule has 0 aliphatic heterocycles. The molecule has 2 aromatic carbocycles. The molecule has 0 heterocycles. The molecular formula is C19H20BrN3O4. The van der Waals surface area contributed by atoms with Crippen molar-refractivity contribution in [3.8, 4) is 11.5 Å². The molecule has 0 fully saturated rings. The Morgan fingerprint density at radius 1 is 1.22 bits per heavy atom. The first-order chi connectivity index (χ1) is 12.9. The molecule has 0 aromatic heterocycles. The zero-order valence-electron chi connectivity index (χ0n) is 15.0. The Kier molecular flexibility index (Phi) is 7.36. The number of aromatic hydroxyl groups is 1. The van der Waals surface area contributed by atoms with Gasteiger partial charge in [-0.05, 0) is 30.7 Å². The first-order valence-electron chi connectivity index (χ1n) is 8.14. The van der Waals surface area contributed by atoms with E-state index in [-0.39, 0.29) is 30.2 Å². The van der Waals surface area contributed by atoms with Crippen molar-refractivity contribution in [1.29, 1.82) is 0 Å². The van der Waals surface area contributed by atoms with E-state index in [1.165, 1.54) is 13.3 Å². The monoisotopic (exact) mass is 433 g/mol. The zero-order chi connectivity index (χ0) is 19.8. The Morgan fingerprint density at radius 2 is 1.93 bits per heavy atom. The second kappa shape index (κ2) is 9.72. The van der Waals surface area contributed by atoms with Gasteiger partial charge in [-0.3, -0.25) is 9.59 Å². The SMILES string of the molecule is COc1cc(Br)cc(C=NNC(=O)CCC(=O)Nc2ccccc2C)c1O. The molecule has 0 spiro atoms. The lowest BCUT2D eigenvalue weighted by Crippen LogP contribution is -2.20. The van der Waals surface area contributed by atoms with Crippen LogP contribution in [-0.2, 0) is 9.59 Å². The van der Waals surface area contributed by atoms with Crippen LogP contribution in [0.2, 0.25) is 0 Å². The van der Waals surface area contributed by atoms with Crippen molar-refractivity contribution in [3.05, 3.63) is 52.0 Å². The molecule has 0 saturated carbocycles. The van der Waals surface area contributed by atoms with E-state index in [2.05, 4.69) is 31.8 Å². The van der Waals surface area contributed by atoms with Crippen molar-refractivity contribution in [2.45, 2.75) is 19.8 Å². The number of hydrazone groups is 1. The molecule has 7 nitrogen and oxygen atoms in total. The molecule has 2 rings (SSSR count). The summed E-state index contributed by atoms with van der Waals surface area (Å²) in [6.07, 6.45) is 1.32. The molecule has 0 aliphatic carbocycles. The Balaban J connectivity index is 1.84. The summed E-state index contributed by atoms with van der Waals surface area (Å²) in [5.74, 6) is -0.466. The molecule has 0 saturated heterocycles. The van der Waals surface area contributed by atoms with Gasteiger partial charge in [-0.25, -0.2) is 5.43 Å². The number of aryl methyl sites for hydroxylation is 1. The number of nitrogens with zero attached hydrogens (tertiary/aromatic N) is 1. The van der Waals surface area contributed by atoms with Crippen molar-refractivity contribution in [2.24, 2.45) is 5.10 Å². The Labute approximate surface area is 165 Å². The third-order valence-corrected chi connectivity index (χ3v) is 4.14. The lowest BCUT2D eigenvalue weighted by atomic mass is 10.2. The minimum Gasteiger partial charge on any atom is -0.504 e. The van der Waals surface area contributed by atoms with E-state index in [9.17, 15) is 14.7 Å². The Hall–Kier alpha value is -2.87. The summed E-state index contributed by atoms with van der Waals surface area (Å²) in [7, 11) is 1.44. The molecule has 2 amide bonds. The first kappa shape index (κ1) is 20.4. The van der Waals surface area contributed by atoms with Crippen LogP contribution in [0.1, 0.15) is 24.0 Å². The summed E-state index contributed by atoms with van der Waals surface area (Å²) in [5.41, 5.74) is 4.37. The molecule has 0 atom stereocenters. The summed E-state index contributed by atoms with van der Waals surface area (Å²) in [4.78, 5) is 23.8. The van der Waals surface area contributed by atoms with Crippen molar-refractivity contribution in [3.63, 3.8) is 0 Å². The average Bonchev–Trinajstić information content (AvgIpc) is 2.64. The van der Waals surface area contributed by atoms with Crippen LogP contribution in [0.5, 0.6) is 11.5 Å². The molecule has 0 aliphatic rings. The van der Waals surface area contributed by atoms with Gasteiger partial charge in [-0.2, -0.15) is 5.10 Å². The third-order valence-electron chi connectivity index (χ3n) is 3.68. The summed E-state index contributed by atoms with van der Waals surface area (Å²) >= 11 is 3.30. The summed E-state index contributed by atoms with van der Waals surface area (Å²) in [6, 6.07) is 10.6. The number of para-hydroxylation sites is 1. The quantitative estimate of drug-likeness (QED) is 0.460. The van der Waals surface area contributed by atoms with Gasteiger partial charge in [0, 0.05) is 28.6 Å². The summed E-state index contributed by atoms with van der Waals surface area (Å²) in [5, 5.41) is 16.6. The molecule has 142 valence electrons. The highest BCUT2D eigenvalue weighted by molar-refractivity contribution is 9.10. The summed E-state index contributed by atoms with van der Waals surface area (Å²) < 4.78 is 5.73. The smallest absolute Gasteiger partial charge is 0.240 e. The third kappa shape index (κ3) is 6.10. The van der Waals surface area contributed by atoms with E-state index in [0.717, 1.165) is 11.3 Å². The van der Waals surface area contributed by atoms with Crippen LogP contribution in [0.25, 0.3) is 0 Å². The van der Waals surface area contributed by atoms with Crippen molar-refractivity contribution in [2.75, 3.05) is 12.4 Å². The van der Waals surface area contributed by atoms with Gasteiger partial charge in [0.2, 0.25) is 11.8 Å². The van der Waals surface area contributed by atoms with Crippen LogP contribution in [0.3, 0.4) is 0 Å². The fourth-order valence-electron chi connectivity index (χ4n) is 2.23. The molecule has 27 heavy (non-hydrogen) atoms. The van der Waals surface area contributed by atoms with Gasteiger partial charge in [0.15, 0.2) is 11.5 Å². The number of phenolic OH excluding ortho intramolecular Hbond substituents is 1. The highest BCUT2D eigenvalue weighted by Crippen LogP contribution is 2.32. The van der Waals surface area contributed by atoms with E-state index in [4.69, 9.17) is 4.74 Å². The van der Waals surface area contributed by atoms with Crippen LogP contribution in [0.4, 0.5) is 5.69 Å². The predicted molar refractivity (Wildman–Crippen MR) is 107 cm³/mol. The maximum atomic E-state index is 11.9. The standard InChI is InChI=1S/C19H20BrN3O4/c1-12-5-3-4-6-15(12)22-17(24)7-8-18(25)23-21-11-13-9-14(20)10-16(27-2)19(13)26/h3-6,9-11,26H,7-8H2,1-2H3,(H,22,24)(H,23,25). The van der Waals surface area contributed by atoms with Crippen LogP contribution in [-0.4, -0.2) is 30.2 Å². The maximum Gasteiger partial charge on any atom is 0.240 e. The number of carbonyl (C=O) groups is 2. The lowest BCUT2D eigenvalue weighted by molar-refractivity contribution is -0.124. The predicted octanol–water partition coefficient (Wildman–Crippen LogP) is 3.34. The number of phenols is 1. The molecule has 3 N–H and O–H groups in total. The van der Waals surface area contributed by atoms with Gasteiger partial charge in [-0.15, -0.1) is 0 Å². The number of rotatable bonds is 7. The lowest BCUT2D eigenvalue weighted by Gasteiger charge is -2.08. The number of hydrogen-bond acceptors (Lipinski definition) is 5. The normalized spacial score (nSPS) is 10.6. The van der Waals surface area contributed by atoms with E-state index in [0.29, 0.717) is 10.0 Å². The molecule has 2 aromatic rings. The maximum absolute atomic E-state index is 11.9. The van der Waals surface area contributed by atoms with Gasteiger partial charge in [0.1, 0.15) is 0 Å². The molecule has 0 bridgehead atoms. The minimum absolute atomic E-state index is 0.0111. The number of ether oxygens (including phenoxy) is 1. The Bertz CT molecular complexity index is 868. The van der Waals surface area contributed by atoms with Crippen LogP contribution in [0, 0.1) is 6.92 Å². The van der Waals surface area contributed by atoms with E-state index in [1.807, 2.05) is 25.1 Å². The topological polar surface area (TPSA) is 100 Å². The number of nitrogens with one attached hydrogen (secondary N) is 2. The molecule has 0 radical (unpaired) electrons. The number of carbonyl (C=O) groups excluding carboxylic acids is 2. The van der Waals surface area contributed by atoms with Gasteiger partial charge < -0.3 is 15.2 Å². The number of benzene rings is 2. The van der Waals surface area contributed by atoms with Gasteiger partial charge in [-0.1, -0.05) is 34.1 Å². The second-order valence-corrected chi connectivity index (χ2v) is 6.62. The van der Waals surface area contributed by atoms with Crippen molar-refractivity contribution >= 4 is 39.6 Å². The fraction of sp³-hybridized carbons (Fsp3) is 0.211. The molecule has 0 unspecified atom stereocenters. The minimum atomic E-state index is -0.410. The van der Waals surface area contributed by atoms with E-state index >= 15 is 0 Å². The number of anilines is 1. The van der Waals surface area contributed by atoms with Crippen LogP contribution >= 0.6 is 15.9 Å². The average molecular weight is 434 g/mol. The second-order valence-electron chi connectivity index (χ2n) is 5.70. The number of methoxy groups -OCH3 is 1. The van der Waals surface area contributed by atoms with Crippen molar-refractivity contribution in [1.82, 2.24) is 5.43 Å². The largest absolute Gasteiger partial charge is 0.504 e. The highest BCUT2D eigenvalue weighted by atomic mass is 79.9. The fourth-order valence-corrected chi connectivity index (χ4v) is 2.69. The Morgan fingerprint density at radius 3 is 2.63 bits per heavy atom. The van der Waals surface area contributed by atoms with E-state index < -0.39 is 5.91 Å². The molecule has 8 heteroatoms. The first-order valence-corrected chi connectivity index (χ1v) is 8.94. The zero-order valence-corrected chi connectivity index (χ0v) is 16.5. The summed E-state index contributed by atoms with van der Waals surface area (Å²) in [6.45, 7) is 1.89. The van der Waals surface area contributed by atoms with Gasteiger partial charge in [0.25, 0.3) is 0 Å². The van der Waals surface area contributed by atoms with Gasteiger partial charge >= 0.3 is 0 Å². The van der Waals surface area contributed by atoms with Crippen LogP contribution in [0.15, 0.2) is 46.0 Å². The molecular weight excluding hydrogens is 414 g/mol. The number of amides is 2. The number of halogens is 1. The van der Waals surface area contributed by atoms with E-state index in [1.54, 1.807) is 18.2 Å². The van der Waals surface area contributed by atoms with Gasteiger partial charge in [0.05, 0.1) is 13.3 Å². The highest BCUT2D eigenvalue weighted by Gasteiger charge is 2.09. The van der Waals surface area contributed by atoms with Crippen molar-refractivity contribution < 1.29 is 19.4 Å².